The molecular formula is C19H22N4O2. The number of nitrogen functional groups attached to an aromatic ring is 1. The van der Waals surface area contributed by atoms with E-state index in [-0.39, 0.29) is 12.5 Å². The van der Waals surface area contributed by atoms with Crippen LogP contribution in [-0.4, -0.2) is 34.7 Å². The molecule has 0 aliphatic carbocycles. The number of carbonyl (C=O) groups excluding carboxylic acids is 1. The Balaban J connectivity index is 1.81. The molecule has 2 N–H and O–H groups in total. The van der Waals surface area contributed by atoms with Gasteiger partial charge in [-0.05, 0) is 23.9 Å². The third-order valence-corrected chi connectivity index (χ3v) is 4.25. The van der Waals surface area contributed by atoms with Crippen LogP contribution in [0.1, 0.15) is 11.3 Å². The van der Waals surface area contributed by atoms with Crippen molar-refractivity contribution in [3.05, 3.63) is 53.7 Å². The molecule has 6 nitrogen and oxygen atoms in total. The molecule has 3 aromatic rings. The Kier molecular flexibility index (Phi) is 4.61. The molecule has 0 aliphatic rings. The van der Waals surface area contributed by atoms with Crippen LogP contribution in [0.15, 0.2) is 42.5 Å². The number of nitrogens with two attached hydrogens (primary N) is 1. The number of nitrogens with zero attached hydrogens (tertiary/aromatic N) is 3. The molecule has 0 radical (unpaired) electrons. The second-order valence-corrected chi connectivity index (χ2v) is 6.09. The van der Waals surface area contributed by atoms with Crippen molar-refractivity contribution in [3.63, 3.8) is 0 Å². The van der Waals surface area contributed by atoms with Crippen molar-refractivity contribution in [2.24, 2.45) is 0 Å². The topological polar surface area (TPSA) is 73.4 Å². The number of hydrogen-bond acceptors (Lipinski definition) is 4. The largest absolute Gasteiger partial charge is 0.496 e. The molecule has 0 spiro atoms. The van der Waals surface area contributed by atoms with Crippen molar-refractivity contribution in [2.45, 2.75) is 20.0 Å². The minimum absolute atomic E-state index is 0.0466. The quantitative estimate of drug-likeness (QED) is 0.776. The van der Waals surface area contributed by atoms with Crippen molar-refractivity contribution >= 4 is 22.5 Å². The number of ether oxygens (including phenoxy) is 1. The monoisotopic (exact) mass is 338 g/mol. The van der Waals surface area contributed by atoms with E-state index in [1.54, 1.807) is 25.1 Å². The number of hydrogen-bond donors (Lipinski definition) is 1. The number of anilines is 1. The van der Waals surface area contributed by atoms with Crippen molar-refractivity contribution in [1.82, 2.24) is 14.7 Å². The fraction of sp³-hybridized carbons (Fsp3) is 0.263. The molecule has 0 fully saturated rings. The number of fused-ring (bicyclic) bond motifs is 1. The molecule has 0 saturated carbocycles. The molecule has 130 valence electrons. The van der Waals surface area contributed by atoms with Crippen LogP contribution in [0.2, 0.25) is 0 Å². The van der Waals surface area contributed by atoms with E-state index >= 15 is 0 Å². The molecule has 1 heterocycles. The van der Waals surface area contributed by atoms with Crippen molar-refractivity contribution in [3.8, 4) is 5.75 Å². The summed E-state index contributed by atoms with van der Waals surface area (Å²) in [6.45, 7) is 2.48. The standard InChI is InChI=1S/C19H22N4O2/c1-13-10-18(20)23(21-13)12-19(24)22(2)11-14-8-9-17(25-3)16-7-5-4-6-15(14)16/h4-10H,11-12,20H2,1-3H3. The summed E-state index contributed by atoms with van der Waals surface area (Å²) in [5, 5.41) is 6.36. The lowest BCUT2D eigenvalue weighted by atomic mass is 10.0. The van der Waals surface area contributed by atoms with Crippen LogP contribution in [0.4, 0.5) is 5.82 Å². The zero-order valence-corrected chi connectivity index (χ0v) is 14.7. The van der Waals surface area contributed by atoms with E-state index in [1.807, 2.05) is 43.3 Å². The number of methoxy groups -OCH3 is 1. The Bertz CT molecular complexity index is 917. The molecule has 6 heteroatoms. The minimum Gasteiger partial charge on any atom is -0.496 e. The van der Waals surface area contributed by atoms with E-state index < -0.39 is 0 Å². The number of benzene rings is 2. The average molecular weight is 338 g/mol. The lowest BCUT2D eigenvalue weighted by molar-refractivity contribution is -0.131. The predicted octanol–water partition coefficient (Wildman–Crippen LogP) is 2.59. The van der Waals surface area contributed by atoms with Gasteiger partial charge in [-0.15, -0.1) is 0 Å². The summed E-state index contributed by atoms with van der Waals surface area (Å²) in [6.07, 6.45) is 0. The first-order valence-corrected chi connectivity index (χ1v) is 8.08. The SMILES string of the molecule is COc1ccc(CN(C)C(=O)Cn2nc(C)cc2N)c2ccccc12. The van der Waals surface area contributed by atoms with Crippen molar-refractivity contribution < 1.29 is 9.53 Å². The average Bonchev–Trinajstić information content (AvgIpc) is 2.92. The molecule has 1 amide bonds. The first kappa shape index (κ1) is 16.8. The van der Waals surface area contributed by atoms with Gasteiger partial charge in [-0.1, -0.05) is 30.3 Å². The van der Waals surface area contributed by atoms with E-state index in [1.165, 1.54) is 4.68 Å². The number of amides is 1. The van der Waals surface area contributed by atoms with E-state index in [2.05, 4.69) is 5.10 Å². The number of aryl methyl sites for hydroxylation is 1. The van der Waals surface area contributed by atoms with Crippen LogP contribution in [0.3, 0.4) is 0 Å². The van der Waals surface area contributed by atoms with Crippen molar-refractivity contribution in [2.75, 3.05) is 19.9 Å². The zero-order valence-electron chi connectivity index (χ0n) is 14.7. The third-order valence-electron chi connectivity index (χ3n) is 4.25. The normalized spacial score (nSPS) is 10.8. The summed E-state index contributed by atoms with van der Waals surface area (Å²) in [5.74, 6) is 1.27. The molecular weight excluding hydrogens is 316 g/mol. The van der Waals surface area contributed by atoms with Crippen LogP contribution < -0.4 is 10.5 Å². The van der Waals surface area contributed by atoms with Crippen molar-refractivity contribution in [1.29, 1.82) is 0 Å². The Morgan fingerprint density at radius 2 is 1.96 bits per heavy atom. The predicted molar refractivity (Wildman–Crippen MR) is 98.4 cm³/mol. The fourth-order valence-electron chi connectivity index (χ4n) is 2.93. The zero-order chi connectivity index (χ0) is 18.0. The smallest absolute Gasteiger partial charge is 0.244 e. The summed E-state index contributed by atoms with van der Waals surface area (Å²) < 4.78 is 6.95. The molecule has 25 heavy (non-hydrogen) atoms. The number of carbonyl (C=O) groups is 1. The highest BCUT2D eigenvalue weighted by molar-refractivity contribution is 5.91. The summed E-state index contributed by atoms with van der Waals surface area (Å²) in [7, 11) is 3.45. The van der Waals surface area contributed by atoms with Crippen LogP contribution in [0, 0.1) is 6.92 Å². The number of likely N-dealkylation sites (N-methyl/N-ethyl adjacent to an activating group) is 1. The number of aromatic nitrogens is 2. The first-order chi connectivity index (χ1) is 12.0. The third kappa shape index (κ3) is 3.42. The minimum atomic E-state index is -0.0466. The van der Waals surface area contributed by atoms with Gasteiger partial charge in [0.2, 0.25) is 5.91 Å². The van der Waals surface area contributed by atoms with Crippen LogP contribution in [-0.2, 0) is 17.9 Å². The summed E-state index contributed by atoms with van der Waals surface area (Å²) >= 11 is 0. The lowest BCUT2D eigenvalue weighted by Crippen LogP contribution is -2.30. The number of rotatable bonds is 5. The van der Waals surface area contributed by atoms with Gasteiger partial charge in [-0.2, -0.15) is 5.10 Å². The first-order valence-electron chi connectivity index (χ1n) is 8.08. The second-order valence-electron chi connectivity index (χ2n) is 6.09. The molecule has 0 atom stereocenters. The highest BCUT2D eigenvalue weighted by atomic mass is 16.5. The fourth-order valence-corrected chi connectivity index (χ4v) is 2.93. The van der Waals surface area contributed by atoms with Gasteiger partial charge in [0, 0.05) is 25.0 Å². The Morgan fingerprint density at radius 1 is 1.24 bits per heavy atom. The Morgan fingerprint density at radius 3 is 2.60 bits per heavy atom. The maximum atomic E-state index is 12.5. The van der Waals surface area contributed by atoms with E-state index in [4.69, 9.17) is 10.5 Å². The van der Waals surface area contributed by atoms with Gasteiger partial charge in [0.25, 0.3) is 0 Å². The van der Waals surface area contributed by atoms with E-state index in [0.29, 0.717) is 12.4 Å². The van der Waals surface area contributed by atoms with Gasteiger partial charge in [0.15, 0.2) is 0 Å². The van der Waals surface area contributed by atoms with Crippen LogP contribution in [0.5, 0.6) is 5.75 Å². The van der Waals surface area contributed by atoms with E-state index in [0.717, 1.165) is 27.8 Å². The maximum Gasteiger partial charge on any atom is 0.244 e. The molecule has 3 rings (SSSR count). The van der Waals surface area contributed by atoms with Gasteiger partial charge < -0.3 is 15.4 Å². The molecule has 0 saturated heterocycles. The molecule has 0 unspecified atom stereocenters. The second kappa shape index (κ2) is 6.84. The molecule has 0 aliphatic heterocycles. The highest BCUT2D eigenvalue weighted by Gasteiger charge is 2.14. The summed E-state index contributed by atoms with van der Waals surface area (Å²) in [4.78, 5) is 14.2. The van der Waals surface area contributed by atoms with Gasteiger partial charge in [0.05, 0.1) is 12.8 Å². The Hall–Kier alpha value is -3.02. The van der Waals surface area contributed by atoms with Gasteiger partial charge in [-0.25, -0.2) is 4.68 Å². The lowest BCUT2D eigenvalue weighted by Gasteiger charge is -2.19. The van der Waals surface area contributed by atoms with Gasteiger partial charge >= 0.3 is 0 Å². The summed E-state index contributed by atoms with van der Waals surface area (Å²) in [5.41, 5.74) is 7.73. The molecule has 2 aromatic carbocycles. The summed E-state index contributed by atoms with van der Waals surface area (Å²) in [6, 6.07) is 13.7. The van der Waals surface area contributed by atoms with Crippen LogP contribution >= 0.6 is 0 Å². The van der Waals surface area contributed by atoms with Crippen LogP contribution in [0.25, 0.3) is 10.8 Å². The van der Waals surface area contributed by atoms with E-state index in [9.17, 15) is 4.79 Å². The van der Waals surface area contributed by atoms with Gasteiger partial charge in [0.1, 0.15) is 18.1 Å². The molecule has 1 aromatic heterocycles. The molecule has 0 bridgehead atoms. The highest BCUT2D eigenvalue weighted by Crippen LogP contribution is 2.28. The maximum absolute atomic E-state index is 12.5. The Labute approximate surface area is 146 Å². The van der Waals surface area contributed by atoms with Gasteiger partial charge in [-0.3, -0.25) is 4.79 Å².